The van der Waals surface area contributed by atoms with Gasteiger partial charge in [-0.05, 0) is 12.2 Å². The molecule has 0 aliphatic heterocycles. The van der Waals surface area contributed by atoms with E-state index in [-0.39, 0.29) is 5.25 Å². The lowest BCUT2D eigenvalue weighted by atomic mass is 10.1. The monoisotopic (exact) mass is 492 g/mol. The van der Waals surface area contributed by atoms with Crippen molar-refractivity contribution in [3.05, 3.63) is 0 Å². The number of rotatable bonds is 15. The Morgan fingerprint density at radius 2 is 1.45 bits per heavy atom. The SMILES string of the molecule is CC(C)SC[C@H](N)C(=O)NC(CO)C(=O)N[C@@H](C)C(=O)N[C@@H](CC(N)=O)C(=O)NCC(=O)O. The summed E-state index contributed by atoms with van der Waals surface area (Å²) in [6, 6.07) is -5.03. The fraction of sp³-hybridized carbons (Fsp3) is 0.667. The second kappa shape index (κ2) is 15.0. The van der Waals surface area contributed by atoms with E-state index in [9.17, 15) is 33.9 Å². The normalized spacial score (nSPS) is 14.4. The van der Waals surface area contributed by atoms with Crippen LogP contribution in [0, 0.1) is 0 Å². The van der Waals surface area contributed by atoms with Crippen LogP contribution in [0.3, 0.4) is 0 Å². The molecule has 0 aliphatic rings. The molecule has 0 saturated carbocycles. The number of carbonyl (C=O) groups is 6. The maximum Gasteiger partial charge on any atom is 0.322 e. The zero-order valence-corrected chi connectivity index (χ0v) is 19.4. The van der Waals surface area contributed by atoms with Crippen LogP contribution >= 0.6 is 11.8 Å². The van der Waals surface area contributed by atoms with E-state index in [2.05, 4.69) is 16.0 Å². The third kappa shape index (κ3) is 12.6. The minimum Gasteiger partial charge on any atom is -0.480 e. The smallest absolute Gasteiger partial charge is 0.322 e. The van der Waals surface area contributed by atoms with Gasteiger partial charge in [-0.25, -0.2) is 0 Å². The lowest BCUT2D eigenvalue weighted by Gasteiger charge is -2.23. The summed E-state index contributed by atoms with van der Waals surface area (Å²) in [7, 11) is 0. The quantitative estimate of drug-likeness (QED) is 0.110. The predicted octanol–water partition coefficient (Wildman–Crippen LogP) is -4.00. The van der Waals surface area contributed by atoms with Gasteiger partial charge in [-0.1, -0.05) is 13.8 Å². The molecule has 1 unspecified atom stereocenters. The maximum atomic E-state index is 12.4. The van der Waals surface area contributed by atoms with Crippen molar-refractivity contribution < 1.29 is 39.0 Å². The number of nitrogens with one attached hydrogen (secondary N) is 4. The van der Waals surface area contributed by atoms with Gasteiger partial charge in [0.25, 0.3) is 0 Å². The minimum absolute atomic E-state index is 0.241. The van der Waals surface area contributed by atoms with E-state index in [1.165, 1.54) is 18.7 Å². The Hall–Kier alpha value is -2.91. The first-order valence-electron chi connectivity index (χ1n) is 9.95. The zero-order valence-electron chi connectivity index (χ0n) is 18.6. The van der Waals surface area contributed by atoms with E-state index < -0.39 is 79.2 Å². The summed E-state index contributed by atoms with van der Waals surface area (Å²) in [5.41, 5.74) is 10.8. The lowest BCUT2D eigenvalue weighted by molar-refractivity contribution is -0.138. The first-order valence-corrected chi connectivity index (χ1v) is 11.0. The van der Waals surface area contributed by atoms with Gasteiger partial charge in [0.05, 0.1) is 19.1 Å². The van der Waals surface area contributed by atoms with Gasteiger partial charge in [0, 0.05) is 5.75 Å². The molecule has 0 bridgehead atoms. The maximum absolute atomic E-state index is 12.4. The van der Waals surface area contributed by atoms with Gasteiger partial charge in [0.2, 0.25) is 29.5 Å². The van der Waals surface area contributed by atoms with Crippen molar-refractivity contribution in [2.45, 2.75) is 56.6 Å². The number of carboxylic acid groups (broad SMARTS) is 1. The molecule has 0 aromatic rings. The average molecular weight is 493 g/mol. The molecule has 15 heteroatoms. The summed E-state index contributed by atoms with van der Waals surface area (Å²) in [4.78, 5) is 70.6. The number of nitrogens with two attached hydrogens (primary N) is 2. The van der Waals surface area contributed by atoms with Crippen molar-refractivity contribution >= 4 is 47.3 Å². The molecule has 0 fully saturated rings. The van der Waals surface area contributed by atoms with Gasteiger partial charge in [-0.15, -0.1) is 0 Å². The second-order valence-corrected chi connectivity index (χ2v) is 8.92. The van der Waals surface area contributed by atoms with Gasteiger partial charge in [-0.2, -0.15) is 11.8 Å². The van der Waals surface area contributed by atoms with E-state index in [0.29, 0.717) is 5.75 Å². The average Bonchev–Trinajstić information content (AvgIpc) is 2.72. The number of primary amides is 1. The Kier molecular flexibility index (Phi) is 13.7. The molecule has 5 amide bonds. The molecule has 0 aliphatic carbocycles. The molecular weight excluding hydrogens is 460 g/mol. The third-order valence-electron chi connectivity index (χ3n) is 3.97. The van der Waals surface area contributed by atoms with Gasteiger partial charge >= 0.3 is 5.97 Å². The van der Waals surface area contributed by atoms with Gasteiger partial charge in [0.1, 0.15) is 24.7 Å². The molecule has 0 radical (unpaired) electrons. The topological polar surface area (TPSA) is 243 Å². The molecule has 0 spiro atoms. The molecule has 10 N–H and O–H groups in total. The van der Waals surface area contributed by atoms with Crippen molar-refractivity contribution in [1.29, 1.82) is 0 Å². The molecule has 0 aromatic heterocycles. The van der Waals surface area contributed by atoms with Crippen molar-refractivity contribution in [3.63, 3.8) is 0 Å². The summed E-state index contributed by atoms with van der Waals surface area (Å²) in [6.07, 6.45) is -0.612. The van der Waals surface area contributed by atoms with E-state index in [4.69, 9.17) is 16.6 Å². The number of aliphatic hydroxyl groups is 1. The summed E-state index contributed by atoms with van der Waals surface area (Å²) in [5, 5.41) is 27.1. The highest BCUT2D eigenvalue weighted by molar-refractivity contribution is 7.99. The molecule has 0 heterocycles. The van der Waals surface area contributed by atoms with Crippen molar-refractivity contribution in [2.24, 2.45) is 11.5 Å². The van der Waals surface area contributed by atoms with Crippen molar-refractivity contribution in [3.8, 4) is 0 Å². The Balaban J connectivity index is 4.97. The number of thioether (sulfide) groups is 1. The molecule has 0 aromatic carbocycles. The molecular formula is C18H32N6O8S. The van der Waals surface area contributed by atoms with Crippen LogP contribution in [-0.4, -0.2) is 94.0 Å². The summed E-state index contributed by atoms with van der Waals surface area (Å²) in [6.45, 7) is 3.60. The Morgan fingerprint density at radius 3 is 1.94 bits per heavy atom. The van der Waals surface area contributed by atoms with Crippen LogP contribution in [0.1, 0.15) is 27.2 Å². The van der Waals surface area contributed by atoms with E-state index >= 15 is 0 Å². The second-order valence-electron chi connectivity index (χ2n) is 7.31. The first kappa shape index (κ1) is 30.1. The summed E-state index contributed by atoms with van der Waals surface area (Å²) < 4.78 is 0. The number of aliphatic carboxylic acids is 1. The Labute approximate surface area is 195 Å². The van der Waals surface area contributed by atoms with Crippen LogP contribution in [0.5, 0.6) is 0 Å². The number of carbonyl (C=O) groups excluding carboxylic acids is 5. The predicted molar refractivity (Wildman–Crippen MR) is 119 cm³/mol. The number of carboxylic acids is 1. The fourth-order valence-corrected chi connectivity index (χ4v) is 2.96. The summed E-state index contributed by atoms with van der Waals surface area (Å²) >= 11 is 1.44. The molecule has 188 valence electrons. The highest BCUT2D eigenvalue weighted by atomic mass is 32.2. The highest BCUT2D eigenvalue weighted by Crippen LogP contribution is 2.09. The van der Waals surface area contributed by atoms with E-state index in [1.807, 2.05) is 19.2 Å². The highest BCUT2D eigenvalue weighted by Gasteiger charge is 2.29. The fourth-order valence-electron chi connectivity index (χ4n) is 2.22. The Morgan fingerprint density at radius 1 is 0.879 bits per heavy atom. The molecule has 0 rings (SSSR count). The lowest BCUT2D eigenvalue weighted by Crippen LogP contribution is -2.58. The number of aliphatic hydroxyl groups excluding tert-OH is 1. The van der Waals surface area contributed by atoms with E-state index in [1.54, 1.807) is 0 Å². The molecule has 4 atom stereocenters. The van der Waals surface area contributed by atoms with Crippen LogP contribution in [0.2, 0.25) is 0 Å². The number of amides is 5. The Bertz CT molecular complexity index is 735. The minimum atomic E-state index is -1.47. The van der Waals surface area contributed by atoms with Gasteiger partial charge in [-0.3, -0.25) is 28.8 Å². The number of hydrogen-bond donors (Lipinski definition) is 8. The van der Waals surface area contributed by atoms with Crippen molar-refractivity contribution in [1.82, 2.24) is 21.3 Å². The van der Waals surface area contributed by atoms with Crippen LogP contribution in [0.4, 0.5) is 0 Å². The van der Waals surface area contributed by atoms with Crippen LogP contribution in [-0.2, 0) is 28.8 Å². The van der Waals surface area contributed by atoms with Gasteiger partial charge in [0.15, 0.2) is 0 Å². The van der Waals surface area contributed by atoms with Gasteiger partial charge < -0.3 is 42.9 Å². The van der Waals surface area contributed by atoms with Crippen LogP contribution in [0.15, 0.2) is 0 Å². The van der Waals surface area contributed by atoms with E-state index in [0.717, 1.165) is 0 Å². The molecule has 33 heavy (non-hydrogen) atoms. The standard InChI is InChI=1S/C18H32N6O8S/c1-8(2)33-7-10(19)16(30)24-12(6-25)18(32)22-9(3)15(29)23-11(4-13(20)26)17(31)21-5-14(27)28/h8-12,25H,4-7,19H2,1-3H3,(H2,20,26)(H,21,31)(H,22,32)(H,23,29)(H,24,30)(H,27,28)/t9-,10-,11-,12?/m0/s1. The van der Waals surface area contributed by atoms with Crippen molar-refractivity contribution in [2.75, 3.05) is 18.9 Å². The molecule has 0 saturated heterocycles. The molecule has 14 nitrogen and oxygen atoms in total. The number of hydrogen-bond acceptors (Lipinski definition) is 9. The summed E-state index contributed by atoms with van der Waals surface area (Å²) in [5.74, 6) is -5.38. The zero-order chi connectivity index (χ0) is 25.7. The van der Waals surface area contributed by atoms with Crippen LogP contribution in [0.25, 0.3) is 0 Å². The van der Waals surface area contributed by atoms with Crippen LogP contribution < -0.4 is 32.7 Å². The first-order chi connectivity index (χ1) is 15.3. The largest absolute Gasteiger partial charge is 0.480 e. The third-order valence-corrected chi connectivity index (χ3v) is 5.18.